The lowest BCUT2D eigenvalue weighted by Crippen LogP contribution is -1.82. The Labute approximate surface area is 83.7 Å². The van der Waals surface area contributed by atoms with Crippen molar-refractivity contribution < 1.29 is 5.11 Å². The zero-order valence-corrected chi connectivity index (χ0v) is 8.35. The number of aliphatic hydroxyl groups excluding tert-OH is 1. The Morgan fingerprint density at radius 3 is 3.08 bits per heavy atom. The van der Waals surface area contributed by atoms with Crippen molar-refractivity contribution in [3.63, 3.8) is 0 Å². The molecule has 0 spiro atoms. The fraction of sp³-hybridized carbons (Fsp3) is 0.125. The summed E-state index contributed by atoms with van der Waals surface area (Å²) in [5, 5.41) is 8.84. The van der Waals surface area contributed by atoms with E-state index >= 15 is 0 Å². The number of nitrogens with zero attached hydrogens (tertiary/aromatic N) is 1. The molecule has 0 aliphatic rings. The number of hydrogen-bond acceptors (Lipinski definition) is 2. The van der Waals surface area contributed by atoms with E-state index in [1.165, 1.54) is 0 Å². The first kappa shape index (κ1) is 9.53. The molecule has 0 saturated carbocycles. The number of hydrogen-bond donors (Lipinski definition) is 1. The predicted octanol–water partition coefficient (Wildman–Crippen LogP) is 1.84. The lowest BCUT2D eigenvalue weighted by molar-refractivity contribution is 0.350. The summed E-state index contributed by atoms with van der Waals surface area (Å²) < 4.78 is 0.771. The van der Waals surface area contributed by atoms with E-state index in [0.717, 1.165) is 10.0 Å². The predicted molar refractivity (Wildman–Crippen MR) is 50.9 cm³/mol. The van der Waals surface area contributed by atoms with Gasteiger partial charge in [0.05, 0.1) is 4.47 Å². The fourth-order valence-electron chi connectivity index (χ4n) is 0.644. The first-order chi connectivity index (χ1) is 5.74. The largest absolute Gasteiger partial charge is 0.384 e. The smallest absolute Gasteiger partial charge is 0.130 e. The van der Waals surface area contributed by atoms with E-state index in [-0.39, 0.29) is 6.61 Å². The third kappa shape index (κ3) is 2.49. The molecule has 0 radical (unpaired) electrons. The molecule has 1 N–H and O–H groups in total. The maximum Gasteiger partial charge on any atom is 0.130 e. The van der Waals surface area contributed by atoms with Crippen LogP contribution in [0.5, 0.6) is 0 Å². The molecule has 2 nitrogen and oxygen atoms in total. The molecule has 12 heavy (non-hydrogen) atoms. The number of rotatable bonds is 0. The Balaban J connectivity index is 3.05. The van der Waals surface area contributed by atoms with E-state index in [1.807, 2.05) is 0 Å². The molecule has 0 unspecified atom stereocenters. The third-order valence-corrected chi connectivity index (χ3v) is 1.96. The van der Waals surface area contributed by atoms with Gasteiger partial charge in [0.25, 0.3) is 0 Å². The summed E-state index contributed by atoms with van der Waals surface area (Å²) in [4.78, 5) is 3.84. The van der Waals surface area contributed by atoms with Gasteiger partial charge in [0.15, 0.2) is 0 Å². The van der Waals surface area contributed by atoms with Crippen LogP contribution in [0, 0.1) is 11.8 Å². The normalized spacial score (nSPS) is 8.92. The second-order valence-corrected chi connectivity index (χ2v) is 3.19. The van der Waals surface area contributed by atoms with E-state index in [0.29, 0.717) is 5.15 Å². The molecule has 0 fully saturated rings. The second kappa shape index (κ2) is 4.46. The van der Waals surface area contributed by atoms with Gasteiger partial charge in [-0.3, -0.25) is 0 Å². The maximum atomic E-state index is 8.45. The van der Waals surface area contributed by atoms with Crippen molar-refractivity contribution in [3.05, 3.63) is 27.5 Å². The fourth-order valence-corrected chi connectivity index (χ4v) is 1.12. The van der Waals surface area contributed by atoms with Crippen molar-refractivity contribution in [2.75, 3.05) is 6.61 Å². The van der Waals surface area contributed by atoms with Crippen LogP contribution in [-0.4, -0.2) is 16.7 Å². The Hall–Kier alpha value is -0.560. The lowest BCUT2D eigenvalue weighted by Gasteiger charge is -1.94. The third-order valence-electron chi connectivity index (χ3n) is 1.12. The summed E-state index contributed by atoms with van der Waals surface area (Å²) in [5.74, 6) is 5.25. The Bertz CT molecular complexity index is 343. The molecule has 0 aliphatic heterocycles. The van der Waals surface area contributed by atoms with E-state index in [9.17, 15) is 0 Å². The Morgan fingerprint density at radius 2 is 2.42 bits per heavy atom. The highest BCUT2D eigenvalue weighted by Gasteiger charge is 1.97. The van der Waals surface area contributed by atoms with Gasteiger partial charge in [-0.15, -0.1) is 0 Å². The summed E-state index contributed by atoms with van der Waals surface area (Å²) in [7, 11) is 0. The van der Waals surface area contributed by atoms with Gasteiger partial charge in [-0.25, -0.2) is 4.98 Å². The monoisotopic (exact) mass is 245 g/mol. The minimum Gasteiger partial charge on any atom is -0.384 e. The van der Waals surface area contributed by atoms with Gasteiger partial charge in [-0.2, -0.15) is 0 Å². The van der Waals surface area contributed by atoms with E-state index < -0.39 is 0 Å². The zero-order chi connectivity index (χ0) is 8.97. The van der Waals surface area contributed by atoms with Crippen LogP contribution in [0.2, 0.25) is 5.15 Å². The number of aliphatic hydroxyl groups is 1. The van der Waals surface area contributed by atoms with Crippen molar-refractivity contribution in [3.8, 4) is 11.8 Å². The first-order valence-electron chi connectivity index (χ1n) is 3.15. The van der Waals surface area contributed by atoms with E-state index in [2.05, 4.69) is 32.8 Å². The molecule has 0 amide bonds. The average molecular weight is 246 g/mol. The van der Waals surface area contributed by atoms with Crippen LogP contribution in [0.25, 0.3) is 0 Å². The average Bonchev–Trinajstić information content (AvgIpc) is 2.07. The minimum absolute atomic E-state index is 0.160. The quantitative estimate of drug-likeness (QED) is 0.560. The van der Waals surface area contributed by atoms with Crippen molar-refractivity contribution in [1.82, 2.24) is 4.98 Å². The molecule has 62 valence electrons. The minimum atomic E-state index is -0.160. The van der Waals surface area contributed by atoms with Gasteiger partial charge in [0.2, 0.25) is 0 Å². The van der Waals surface area contributed by atoms with Crippen LogP contribution in [0.15, 0.2) is 16.7 Å². The van der Waals surface area contributed by atoms with Crippen molar-refractivity contribution in [2.24, 2.45) is 0 Å². The molecule has 1 aromatic heterocycles. The SMILES string of the molecule is OCC#Cc1cc(Cl)ncc1Br. The van der Waals surface area contributed by atoms with Crippen LogP contribution >= 0.6 is 27.5 Å². The molecule has 0 saturated heterocycles. The second-order valence-electron chi connectivity index (χ2n) is 1.95. The molecule has 0 aromatic carbocycles. The molecule has 1 heterocycles. The van der Waals surface area contributed by atoms with Gasteiger partial charge in [0, 0.05) is 11.8 Å². The summed E-state index contributed by atoms with van der Waals surface area (Å²) in [6.45, 7) is -0.160. The molecular weight excluding hydrogens is 241 g/mol. The molecule has 0 aliphatic carbocycles. The molecule has 1 aromatic rings. The van der Waals surface area contributed by atoms with Crippen molar-refractivity contribution in [2.45, 2.75) is 0 Å². The molecule has 0 bridgehead atoms. The Morgan fingerprint density at radius 1 is 1.67 bits per heavy atom. The molecule has 1 rings (SSSR count). The Kier molecular flexibility index (Phi) is 3.54. The van der Waals surface area contributed by atoms with Gasteiger partial charge >= 0.3 is 0 Å². The number of aromatic nitrogens is 1. The van der Waals surface area contributed by atoms with Crippen LogP contribution in [0.3, 0.4) is 0 Å². The summed E-state index contributed by atoms with van der Waals surface area (Å²) in [5.41, 5.74) is 0.726. The van der Waals surface area contributed by atoms with Crippen LogP contribution in [0.4, 0.5) is 0 Å². The van der Waals surface area contributed by atoms with Gasteiger partial charge < -0.3 is 5.11 Å². The van der Waals surface area contributed by atoms with Crippen LogP contribution in [0.1, 0.15) is 5.56 Å². The zero-order valence-electron chi connectivity index (χ0n) is 6.01. The van der Waals surface area contributed by atoms with Crippen LogP contribution < -0.4 is 0 Å². The summed E-state index contributed by atoms with van der Waals surface area (Å²) in [6, 6.07) is 1.63. The van der Waals surface area contributed by atoms with E-state index in [1.54, 1.807) is 12.3 Å². The molecule has 4 heteroatoms. The topological polar surface area (TPSA) is 33.1 Å². The molecular formula is C8H5BrClNO. The van der Waals surface area contributed by atoms with E-state index in [4.69, 9.17) is 16.7 Å². The number of pyridine rings is 1. The van der Waals surface area contributed by atoms with Crippen LogP contribution in [-0.2, 0) is 0 Å². The highest BCUT2D eigenvalue weighted by Crippen LogP contribution is 2.17. The van der Waals surface area contributed by atoms with Crippen molar-refractivity contribution >= 4 is 27.5 Å². The molecule has 0 atom stereocenters. The number of halogens is 2. The first-order valence-corrected chi connectivity index (χ1v) is 4.32. The van der Waals surface area contributed by atoms with Gasteiger partial charge in [0.1, 0.15) is 11.8 Å². The van der Waals surface area contributed by atoms with Gasteiger partial charge in [-0.1, -0.05) is 23.4 Å². The lowest BCUT2D eigenvalue weighted by atomic mass is 10.3. The highest BCUT2D eigenvalue weighted by atomic mass is 79.9. The maximum absolute atomic E-state index is 8.45. The van der Waals surface area contributed by atoms with Gasteiger partial charge in [-0.05, 0) is 22.0 Å². The van der Waals surface area contributed by atoms with Crippen molar-refractivity contribution in [1.29, 1.82) is 0 Å². The summed E-state index contributed by atoms with van der Waals surface area (Å²) >= 11 is 8.89. The highest BCUT2D eigenvalue weighted by molar-refractivity contribution is 9.10. The standard InChI is InChI=1S/C8H5BrClNO/c9-7-5-11-8(10)4-6(7)2-1-3-12/h4-5,12H,3H2. The summed E-state index contributed by atoms with van der Waals surface area (Å²) in [6.07, 6.45) is 1.57.